The lowest BCUT2D eigenvalue weighted by Crippen LogP contribution is -2.38. The van der Waals surface area contributed by atoms with E-state index in [1.54, 1.807) is 0 Å². The molecule has 0 fully saturated rings. The number of unbranched alkanes of at least 4 members (excludes halogenated alkanes) is 1. The lowest BCUT2D eigenvalue weighted by Gasteiger charge is -2.18. The highest BCUT2D eigenvalue weighted by Crippen LogP contribution is 1.84. The molecule has 0 saturated heterocycles. The van der Waals surface area contributed by atoms with Crippen LogP contribution in [-0.2, 0) is 0 Å². The molecule has 0 spiro atoms. The van der Waals surface area contributed by atoms with Gasteiger partial charge in [-0.2, -0.15) is 0 Å². The van der Waals surface area contributed by atoms with Crippen LogP contribution in [0.1, 0.15) is 26.7 Å². The van der Waals surface area contributed by atoms with Crippen LogP contribution in [0.4, 0.5) is 0 Å². The van der Waals surface area contributed by atoms with E-state index in [2.05, 4.69) is 31.2 Å². The van der Waals surface area contributed by atoms with E-state index >= 15 is 0 Å². The zero-order valence-corrected chi connectivity index (χ0v) is 7.19. The average molecular weight is 143 g/mol. The van der Waals surface area contributed by atoms with Crippen molar-refractivity contribution in [2.24, 2.45) is 0 Å². The van der Waals surface area contributed by atoms with Gasteiger partial charge in [-0.25, -0.2) is 5.01 Å². The van der Waals surface area contributed by atoms with Gasteiger partial charge in [0.2, 0.25) is 0 Å². The van der Waals surface area contributed by atoms with Crippen LogP contribution in [0.2, 0.25) is 0 Å². The average Bonchev–Trinajstić information content (AvgIpc) is 1.99. The summed E-state index contributed by atoms with van der Waals surface area (Å²) in [7, 11) is 0. The van der Waals surface area contributed by atoms with Crippen LogP contribution < -0.4 is 5.43 Å². The molecule has 2 heteroatoms. The molecule has 0 atom stereocenters. The van der Waals surface area contributed by atoms with Crippen molar-refractivity contribution in [3.05, 3.63) is 6.92 Å². The number of hydrogen-bond donors (Lipinski definition) is 1. The Labute approximate surface area is 64.6 Å². The summed E-state index contributed by atoms with van der Waals surface area (Å²) in [5, 5.41) is 2.20. The first-order valence-corrected chi connectivity index (χ1v) is 4.12. The molecule has 0 heterocycles. The summed E-state index contributed by atoms with van der Waals surface area (Å²) in [4.78, 5) is 0. The maximum atomic E-state index is 3.78. The molecule has 10 heavy (non-hydrogen) atoms. The Balaban J connectivity index is 3.09. The van der Waals surface area contributed by atoms with Gasteiger partial charge in [-0.15, -0.1) is 0 Å². The van der Waals surface area contributed by atoms with Crippen LogP contribution in [0.15, 0.2) is 0 Å². The highest BCUT2D eigenvalue weighted by molar-refractivity contribution is 4.47. The van der Waals surface area contributed by atoms with Crippen LogP contribution in [-0.4, -0.2) is 24.6 Å². The van der Waals surface area contributed by atoms with Gasteiger partial charge in [0, 0.05) is 19.6 Å². The maximum Gasteiger partial charge on any atom is 0.0102 e. The van der Waals surface area contributed by atoms with Crippen LogP contribution in [0, 0.1) is 6.92 Å². The number of hydrogen-bond acceptors (Lipinski definition) is 2. The van der Waals surface area contributed by atoms with Crippen molar-refractivity contribution in [1.29, 1.82) is 0 Å². The molecular formula is C8H19N2. The van der Waals surface area contributed by atoms with Crippen LogP contribution in [0.25, 0.3) is 0 Å². The molecule has 0 rings (SSSR count). The molecule has 2 nitrogen and oxygen atoms in total. The van der Waals surface area contributed by atoms with Crippen molar-refractivity contribution in [2.75, 3.05) is 19.6 Å². The minimum atomic E-state index is 1.02. The van der Waals surface area contributed by atoms with Crippen molar-refractivity contribution in [2.45, 2.75) is 26.7 Å². The number of hydrazine groups is 1. The highest BCUT2D eigenvalue weighted by Gasteiger charge is 1.94. The van der Waals surface area contributed by atoms with E-state index in [4.69, 9.17) is 0 Å². The molecule has 0 aromatic heterocycles. The second kappa shape index (κ2) is 7.03. The Bertz CT molecular complexity index is 60.3. The third-order valence-electron chi connectivity index (χ3n) is 1.53. The van der Waals surface area contributed by atoms with E-state index in [0.717, 1.165) is 32.5 Å². The number of nitrogens with one attached hydrogen (secondary N) is 1. The summed E-state index contributed by atoms with van der Waals surface area (Å²) in [6.45, 7) is 11.3. The Kier molecular flexibility index (Phi) is 6.98. The van der Waals surface area contributed by atoms with Gasteiger partial charge in [0.15, 0.2) is 0 Å². The van der Waals surface area contributed by atoms with Crippen molar-refractivity contribution in [1.82, 2.24) is 10.4 Å². The summed E-state index contributed by atoms with van der Waals surface area (Å²) >= 11 is 0. The summed E-state index contributed by atoms with van der Waals surface area (Å²) in [5.74, 6) is 0. The lowest BCUT2D eigenvalue weighted by molar-refractivity contribution is 0.208. The number of rotatable bonds is 6. The van der Waals surface area contributed by atoms with Gasteiger partial charge < -0.3 is 0 Å². The van der Waals surface area contributed by atoms with Crippen molar-refractivity contribution >= 4 is 0 Å². The van der Waals surface area contributed by atoms with E-state index in [1.807, 2.05) is 0 Å². The van der Waals surface area contributed by atoms with Crippen molar-refractivity contribution in [3.63, 3.8) is 0 Å². The highest BCUT2D eigenvalue weighted by atomic mass is 15.5. The zero-order valence-electron chi connectivity index (χ0n) is 7.19. The summed E-state index contributed by atoms with van der Waals surface area (Å²) in [6.07, 6.45) is 2.19. The molecule has 61 valence electrons. The molecule has 1 radical (unpaired) electrons. The van der Waals surface area contributed by atoms with Crippen molar-refractivity contribution < 1.29 is 0 Å². The fourth-order valence-electron chi connectivity index (χ4n) is 0.809. The smallest absolute Gasteiger partial charge is 0.0102 e. The Morgan fingerprint density at radius 2 is 1.90 bits per heavy atom. The monoisotopic (exact) mass is 143 g/mol. The lowest BCUT2D eigenvalue weighted by atomic mass is 10.3. The molecule has 0 bridgehead atoms. The fraction of sp³-hybridized carbons (Fsp3) is 0.875. The normalized spacial score (nSPS) is 10.8. The first kappa shape index (κ1) is 9.92. The first-order valence-electron chi connectivity index (χ1n) is 4.12. The zero-order chi connectivity index (χ0) is 7.82. The van der Waals surface area contributed by atoms with Crippen LogP contribution in [0.5, 0.6) is 0 Å². The third-order valence-corrected chi connectivity index (χ3v) is 1.53. The topological polar surface area (TPSA) is 15.3 Å². The molecule has 0 aromatic rings. The molecule has 0 aliphatic carbocycles. The van der Waals surface area contributed by atoms with E-state index in [-0.39, 0.29) is 0 Å². The van der Waals surface area contributed by atoms with Gasteiger partial charge in [-0.05, 0) is 6.42 Å². The molecule has 0 amide bonds. The Hall–Kier alpha value is -0.0800. The van der Waals surface area contributed by atoms with E-state index in [1.165, 1.54) is 0 Å². The minimum Gasteiger partial charge on any atom is -0.255 e. The molecule has 0 saturated carbocycles. The molecular weight excluding hydrogens is 124 g/mol. The second-order valence-electron chi connectivity index (χ2n) is 2.29. The van der Waals surface area contributed by atoms with Gasteiger partial charge >= 0.3 is 0 Å². The molecule has 1 N–H and O–H groups in total. The van der Waals surface area contributed by atoms with Gasteiger partial charge in [-0.3, -0.25) is 5.43 Å². The Morgan fingerprint density at radius 1 is 1.30 bits per heavy atom. The van der Waals surface area contributed by atoms with Crippen molar-refractivity contribution in [3.8, 4) is 0 Å². The molecule has 0 aliphatic rings. The third kappa shape index (κ3) is 4.77. The van der Waals surface area contributed by atoms with Gasteiger partial charge in [0.05, 0.1) is 0 Å². The predicted octanol–water partition coefficient (Wildman–Crippen LogP) is 1.45. The second-order valence-corrected chi connectivity index (χ2v) is 2.29. The van der Waals surface area contributed by atoms with Crippen LogP contribution >= 0.6 is 0 Å². The molecule has 0 aliphatic heterocycles. The summed E-state index contributed by atoms with van der Waals surface area (Å²) < 4.78 is 0. The minimum absolute atomic E-state index is 1.02. The predicted molar refractivity (Wildman–Crippen MR) is 45.5 cm³/mol. The fourth-order valence-corrected chi connectivity index (χ4v) is 0.809. The quantitative estimate of drug-likeness (QED) is 0.447. The molecule has 0 aromatic carbocycles. The maximum absolute atomic E-state index is 3.78. The van der Waals surface area contributed by atoms with E-state index < -0.39 is 0 Å². The van der Waals surface area contributed by atoms with Crippen LogP contribution in [0.3, 0.4) is 0 Å². The Morgan fingerprint density at radius 3 is 2.30 bits per heavy atom. The van der Waals surface area contributed by atoms with Gasteiger partial charge in [-0.1, -0.05) is 27.2 Å². The summed E-state index contributed by atoms with van der Waals surface area (Å²) in [5.41, 5.74) is 3.31. The SMILES string of the molecule is [CH2]CCCNN(CC)CC. The van der Waals surface area contributed by atoms with E-state index in [9.17, 15) is 0 Å². The molecule has 0 unspecified atom stereocenters. The standard InChI is InChI=1S/C8H19N2/c1-4-7-8-9-10(5-2)6-3/h9H,1,4-8H2,2-3H3. The summed E-state index contributed by atoms with van der Waals surface area (Å²) in [6, 6.07) is 0. The van der Waals surface area contributed by atoms with Gasteiger partial charge in [0.25, 0.3) is 0 Å². The largest absolute Gasteiger partial charge is 0.255 e. The number of nitrogens with zero attached hydrogens (tertiary/aromatic N) is 1. The first-order chi connectivity index (χ1) is 4.85. The van der Waals surface area contributed by atoms with Gasteiger partial charge in [0.1, 0.15) is 0 Å². The van der Waals surface area contributed by atoms with E-state index in [0.29, 0.717) is 0 Å².